The third-order valence-corrected chi connectivity index (χ3v) is 7.96. The molecule has 1 N–H and O–H groups in total. The molecule has 3 aromatic rings. The molecule has 0 unspecified atom stereocenters. The first-order chi connectivity index (χ1) is 16.5. The van der Waals surface area contributed by atoms with Crippen LogP contribution < -0.4 is 5.32 Å². The molecule has 0 atom stereocenters. The number of aryl methyl sites for hydroxylation is 2. The molecule has 9 heteroatoms. The van der Waals surface area contributed by atoms with Crippen molar-refractivity contribution in [3.05, 3.63) is 54.1 Å². The van der Waals surface area contributed by atoms with Crippen molar-refractivity contribution >= 4 is 32.9 Å². The van der Waals surface area contributed by atoms with Gasteiger partial charge < -0.3 is 9.30 Å². The minimum atomic E-state index is -3.42. The highest BCUT2D eigenvalue weighted by Gasteiger charge is 2.26. The summed E-state index contributed by atoms with van der Waals surface area (Å²) in [5.74, 6) is 0.407. The second-order valence-corrected chi connectivity index (χ2v) is 10.4. The van der Waals surface area contributed by atoms with Crippen LogP contribution in [0.4, 0.5) is 5.95 Å². The molecule has 1 aliphatic heterocycles. The molecule has 0 saturated carbocycles. The zero-order valence-corrected chi connectivity index (χ0v) is 20.4. The molecule has 0 aliphatic carbocycles. The molecule has 8 nitrogen and oxygen atoms in total. The summed E-state index contributed by atoms with van der Waals surface area (Å²) >= 11 is 0. The molecule has 2 aromatic carbocycles. The fraction of sp³-hybridized carbons (Fsp3) is 0.440. The summed E-state index contributed by atoms with van der Waals surface area (Å²) in [7, 11) is -3.42. The second-order valence-electron chi connectivity index (χ2n) is 8.43. The van der Waals surface area contributed by atoms with Crippen LogP contribution in [0.25, 0.3) is 11.0 Å². The summed E-state index contributed by atoms with van der Waals surface area (Å²) in [4.78, 5) is 17.6. The van der Waals surface area contributed by atoms with Crippen LogP contribution in [-0.2, 0) is 32.5 Å². The number of benzene rings is 2. The van der Waals surface area contributed by atoms with E-state index < -0.39 is 10.0 Å². The predicted molar refractivity (Wildman–Crippen MR) is 132 cm³/mol. The van der Waals surface area contributed by atoms with Crippen molar-refractivity contribution in [3.8, 4) is 0 Å². The van der Waals surface area contributed by atoms with Gasteiger partial charge in [-0.25, -0.2) is 13.4 Å². The maximum Gasteiger partial charge on any atom is 0.243 e. The molecule has 1 fully saturated rings. The van der Waals surface area contributed by atoms with Gasteiger partial charge in [0.05, 0.1) is 15.9 Å². The summed E-state index contributed by atoms with van der Waals surface area (Å²) in [6.07, 6.45) is 3.43. The van der Waals surface area contributed by atoms with Crippen molar-refractivity contribution in [3.63, 3.8) is 0 Å². The van der Waals surface area contributed by atoms with Crippen LogP contribution in [0.5, 0.6) is 0 Å². The van der Waals surface area contributed by atoms with Gasteiger partial charge in [-0.15, -0.1) is 0 Å². The van der Waals surface area contributed by atoms with E-state index in [0.29, 0.717) is 50.1 Å². The number of fused-ring (bicyclic) bond motifs is 1. The SMILES string of the molecule is CCOCCCn1c(NC(=O)CCc2ccc(S(=O)(=O)N3CCCC3)cc2)nc2ccccc21. The predicted octanol–water partition coefficient (Wildman–Crippen LogP) is 3.82. The topological polar surface area (TPSA) is 93.5 Å². The number of rotatable bonds is 11. The lowest BCUT2D eigenvalue weighted by atomic mass is 10.1. The average molecular weight is 485 g/mol. The Labute approximate surface area is 201 Å². The highest BCUT2D eigenvalue weighted by molar-refractivity contribution is 7.89. The van der Waals surface area contributed by atoms with E-state index in [1.54, 1.807) is 24.3 Å². The molecule has 34 heavy (non-hydrogen) atoms. The Morgan fingerprint density at radius 1 is 1.09 bits per heavy atom. The zero-order chi connectivity index (χ0) is 24.0. The van der Waals surface area contributed by atoms with Crippen molar-refractivity contribution < 1.29 is 17.9 Å². The summed E-state index contributed by atoms with van der Waals surface area (Å²) in [5.41, 5.74) is 2.73. The molecule has 1 aromatic heterocycles. The molecule has 182 valence electrons. The summed E-state index contributed by atoms with van der Waals surface area (Å²) in [5, 5.41) is 2.95. The van der Waals surface area contributed by atoms with Crippen LogP contribution in [-0.4, -0.2) is 54.5 Å². The molecule has 2 heterocycles. The molecule has 1 saturated heterocycles. The molecule has 1 amide bonds. The van der Waals surface area contributed by atoms with E-state index in [1.165, 1.54) is 4.31 Å². The number of nitrogens with one attached hydrogen (secondary N) is 1. The van der Waals surface area contributed by atoms with E-state index in [0.717, 1.165) is 35.9 Å². The van der Waals surface area contributed by atoms with Gasteiger partial charge in [-0.3, -0.25) is 10.1 Å². The van der Waals surface area contributed by atoms with Crippen LogP contribution >= 0.6 is 0 Å². The lowest BCUT2D eigenvalue weighted by Gasteiger charge is -2.15. The quantitative estimate of drug-likeness (QED) is 0.418. The van der Waals surface area contributed by atoms with Gasteiger partial charge in [-0.1, -0.05) is 24.3 Å². The number of ether oxygens (including phenoxy) is 1. The maximum atomic E-state index is 12.7. The Morgan fingerprint density at radius 2 is 1.82 bits per heavy atom. The lowest BCUT2D eigenvalue weighted by Crippen LogP contribution is -2.27. The number of nitrogens with zero attached hydrogens (tertiary/aromatic N) is 3. The summed E-state index contributed by atoms with van der Waals surface area (Å²) in [6, 6.07) is 14.7. The van der Waals surface area contributed by atoms with E-state index in [2.05, 4.69) is 10.3 Å². The van der Waals surface area contributed by atoms with Crippen molar-refractivity contribution in [2.24, 2.45) is 0 Å². The molecule has 0 spiro atoms. The number of carbonyl (C=O) groups excluding carboxylic acids is 1. The monoisotopic (exact) mass is 484 g/mol. The first kappa shape index (κ1) is 24.4. The van der Waals surface area contributed by atoms with Gasteiger partial charge >= 0.3 is 0 Å². The van der Waals surface area contributed by atoms with Crippen LogP contribution in [0.1, 0.15) is 38.2 Å². The zero-order valence-electron chi connectivity index (χ0n) is 19.6. The van der Waals surface area contributed by atoms with Gasteiger partial charge in [0.25, 0.3) is 0 Å². The number of anilines is 1. The van der Waals surface area contributed by atoms with Crippen LogP contribution in [0, 0.1) is 0 Å². The first-order valence-corrected chi connectivity index (χ1v) is 13.3. The minimum Gasteiger partial charge on any atom is -0.382 e. The Hall–Kier alpha value is -2.75. The second kappa shape index (κ2) is 11.1. The highest BCUT2D eigenvalue weighted by atomic mass is 32.2. The number of amides is 1. The third kappa shape index (κ3) is 5.65. The van der Waals surface area contributed by atoms with Crippen LogP contribution in [0.15, 0.2) is 53.4 Å². The number of para-hydroxylation sites is 2. The van der Waals surface area contributed by atoms with Gasteiger partial charge in [0.1, 0.15) is 0 Å². The fourth-order valence-electron chi connectivity index (χ4n) is 4.22. The first-order valence-electron chi connectivity index (χ1n) is 11.9. The molecule has 4 rings (SSSR count). The van der Waals surface area contributed by atoms with E-state index in [4.69, 9.17) is 4.74 Å². The fourth-order valence-corrected chi connectivity index (χ4v) is 5.73. The van der Waals surface area contributed by atoms with Gasteiger partial charge in [0, 0.05) is 39.3 Å². The number of imidazole rings is 1. The van der Waals surface area contributed by atoms with E-state index in [-0.39, 0.29) is 12.3 Å². The smallest absolute Gasteiger partial charge is 0.243 e. The Balaban J connectivity index is 1.37. The normalized spacial score (nSPS) is 14.6. The van der Waals surface area contributed by atoms with Gasteiger partial charge in [-0.2, -0.15) is 4.31 Å². The molecule has 0 bridgehead atoms. The third-order valence-electron chi connectivity index (χ3n) is 6.05. The average Bonchev–Trinajstić information content (AvgIpc) is 3.50. The number of aromatic nitrogens is 2. The van der Waals surface area contributed by atoms with Crippen molar-refractivity contribution in [2.75, 3.05) is 31.6 Å². The van der Waals surface area contributed by atoms with Gasteiger partial charge in [0.2, 0.25) is 21.9 Å². The Morgan fingerprint density at radius 3 is 2.56 bits per heavy atom. The molecule has 1 aliphatic rings. The Bertz CT molecular complexity index is 1220. The van der Waals surface area contributed by atoms with Gasteiger partial charge in [0.15, 0.2) is 0 Å². The maximum absolute atomic E-state index is 12.7. The number of carbonyl (C=O) groups is 1. The van der Waals surface area contributed by atoms with Crippen molar-refractivity contribution in [2.45, 2.75) is 50.5 Å². The van der Waals surface area contributed by atoms with Crippen molar-refractivity contribution in [1.29, 1.82) is 0 Å². The lowest BCUT2D eigenvalue weighted by molar-refractivity contribution is -0.116. The van der Waals surface area contributed by atoms with E-state index in [9.17, 15) is 13.2 Å². The molecule has 0 radical (unpaired) electrons. The number of hydrogen-bond acceptors (Lipinski definition) is 5. The number of hydrogen-bond donors (Lipinski definition) is 1. The minimum absolute atomic E-state index is 0.130. The largest absolute Gasteiger partial charge is 0.382 e. The van der Waals surface area contributed by atoms with Crippen LogP contribution in [0.3, 0.4) is 0 Å². The van der Waals surface area contributed by atoms with E-state index in [1.807, 2.05) is 35.8 Å². The molecular formula is C25H32N4O4S. The highest BCUT2D eigenvalue weighted by Crippen LogP contribution is 2.22. The van der Waals surface area contributed by atoms with Gasteiger partial charge in [-0.05, 0) is 62.4 Å². The van der Waals surface area contributed by atoms with E-state index >= 15 is 0 Å². The molecular weight excluding hydrogens is 452 g/mol. The van der Waals surface area contributed by atoms with Crippen molar-refractivity contribution in [1.82, 2.24) is 13.9 Å². The summed E-state index contributed by atoms with van der Waals surface area (Å²) < 4.78 is 34.4. The standard InChI is InChI=1S/C25H32N4O4S/c1-2-33-19-7-18-29-23-9-4-3-8-22(23)26-25(29)27-24(30)15-12-20-10-13-21(14-11-20)34(31,32)28-16-5-6-17-28/h3-4,8-11,13-14H,2,5-7,12,15-19H2,1H3,(H,26,27,30). The summed E-state index contributed by atoms with van der Waals surface area (Å²) in [6.45, 7) is 5.17. The van der Waals surface area contributed by atoms with Crippen LogP contribution in [0.2, 0.25) is 0 Å². The number of sulfonamides is 1. The Kier molecular flexibility index (Phi) is 7.97.